The van der Waals surface area contributed by atoms with Crippen LogP contribution in [-0.2, 0) is 6.42 Å². The van der Waals surface area contributed by atoms with Gasteiger partial charge in [0.25, 0.3) is 5.56 Å². The summed E-state index contributed by atoms with van der Waals surface area (Å²) in [7, 11) is 0. The van der Waals surface area contributed by atoms with Gasteiger partial charge in [0.2, 0.25) is 0 Å². The van der Waals surface area contributed by atoms with E-state index in [1.165, 1.54) is 0 Å². The maximum atomic E-state index is 11.8. The van der Waals surface area contributed by atoms with Crippen LogP contribution in [0.5, 0.6) is 0 Å². The molecule has 18 heavy (non-hydrogen) atoms. The topological polar surface area (TPSA) is 45.8 Å². The summed E-state index contributed by atoms with van der Waals surface area (Å²) in [6.45, 7) is 1.95. The zero-order valence-electron chi connectivity index (χ0n) is 9.43. The molecule has 1 N–H and O–H groups in total. The molecule has 2 aromatic rings. The molecule has 0 aliphatic carbocycles. The number of nitrogens with zero attached hydrogens (tertiary/aromatic N) is 1. The minimum Gasteiger partial charge on any atom is -0.306 e. The van der Waals surface area contributed by atoms with Crippen molar-refractivity contribution >= 4 is 45.8 Å². The lowest BCUT2D eigenvalue weighted by Crippen LogP contribution is -2.16. The van der Waals surface area contributed by atoms with Gasteiger partial charge < -0.3 is 4.98 Å². The van der Waals surface area contributed by atoms with Gasteiger partial charge >= 0.3 is 0 Å². The predicted octanol–water partition coefficient (Wildman–Crippen LogP) is 3.91. The smallest absolute Gasteiger partial charge is 0.264 e. The van der Waals surface area contributed by atoms with Crippen molar-refractivity contribution in [3.8, 4) is 11.4 Å². The second-order valence-electron chi connectivity index (χ2n) is 3.63. The van der Waals surface area contributed by atoms with Crippen molar-refractivity contribution in [2.24, 2.45) is 0 Å². The minimum atomic E-state index is -0.159. The van der Waals surface area contributed by atoms with Crippen LogP contribution >= 0.6 is 45.8 Å². The van der Waals surface area contributed by atoms with Crippen molar-refractivity contribution in [2.45, 2.75) is 13.3 Å². The van der Waals surface area contributed by atoms with Gasteiger partial charge in [0.1, 0.15) is 5.82 Å². The lowest BCUT2D eigenvalue weighted by atomic mass is 10.2. The molecule has 0 spiro atoms. The Morgan fingerprint density at radius 3 is 2.78 bits per heavy atom. The Kier molecular flexibility index (Phi) is 4.29. The lowest BCUT2D eigenvalue weighted by molar-refractivity contribution is 0.968. The Labute approximate surface area is 128 Å². The van der Waals surface area contributed by atoms with Crippen LogP contribution in [0.2, 0.25) is 10.0 Å². The molecule has 0 aliphatic heterocycles. The average Bonchev–Trinajstić information content (AvgIpc) is 2.36. The number of H-pyrrole nitrogens is 1. The fourth-order valence-corrected chi connectivity index (χ4v) is 2.58. The first-order valence-electron chi connectivity index (χ1n) is 5.27. The zero-order valence-corrected chi connectivity index (χ0v) is 13.1. The van der Waals surface area contributed by atoms with E-state index in [-0.39, 0.29) is 5.56 Å². The van der Waals surface area contributed by atoms with Crippen LogP contribution in [0.3, 0.4) is 0 Å². The summed E-state index contributed by atoms with van der Waals surface area (Å²) < 4.78 is 0.608. The molecule has 0 saturated heterocycles. The molecule has 3 nitrogen and oxygen atoms in total. The normalized spacial score (nSPS) is 10.7. The number of aryl methyl sites for hydroxylation is 1. The second kappa shape index (κ2) is 5.59. The summed E-state index contributed by atoms with van der Waals surface area (Å²) in [6, 6.07) is 5.24. The van der Waals surface area contributed by atoms with Crippen molar-refractivity contribution in [1.82, 2.24) is 9.97 Å². The number of aromatic nitrogens is 2. The summed E-state index contributed by atoms with van der Waals surface area (Å²) in [5.41, 5.74) is 1.23. The molecule has 0 radical (unpaired) electrons. The zero-order chi connectivity index (χ0) is 13.3. The van der Waals surface area contributed by atoms with E-state index in [9.17, 15) is 4.79 Å². The third kappa shape index (κ3) is 2.55. The third-order valence-corrected chi connectivity index (χ3v) is 4.40. The van der Waals surface area contributed by atoms with E-state index in [2.05, 4.69) is 9.97 Å². The van der Waals surface area contributed by atoms with Gasteiger partial charge in [-0.25, -0.2) is 4.98 Å². The maximum absolute atomic E-state index is 11.8. The molecule has 2 rings (SSSR count). The van der Waals surface area contributed by atoms with Gasteiger partial charge in [0, 0.05) is 5.56 Å². The molecular weight excluding hydrogens is 386 g/mol. The van der Waals surface area contributed by atoms with Crippen LogP contribution in [0.25, 0.3) is 11.4 Å². The lowest BCUT2D eigenvalue weighted by Gasteiger charge is -2.07. The summed E-state index contributed by atoms with van der Waals surface area (Å²) in [5, 5.41) is 0.832. The van der Waals surface area contributed by atoms with Gasteiger partial charge in [-0.15, -0.1) is 0 Å². The van der Waals surface area contributed by atoms with Gasteiger partial charge in [-0.05, 0) is 41.1 Å². The van der Waals surface area contributed by atoms with Crippen molar-refractivity contribution in [3.63, 3.8) is 0 Å². The van der Waals surface area contributed by atoms with Gasteiger partial charge in [-0.2, -0.15) is 0 Å². The maximum Gasteiger partial charge on any atom is 0.264 e. The van der Waals surface area contributed by atoms with E-state index >= 15 is 0 Å². The minimum absolute atomic E-state index is 0.159. The SMILES string of the molecule is CCc1nc(-c2cccc(Cl)c2Cl)[nH]c(=O)c1I. The van der Waals surface area contributed by atoms with E-state index in [1.54, 1.807) is 18.2 Å². The van der Waals surface area contributed by atoms with Crippen LogP contribution in [-0.4, -0.2) is 9.97 Å². The molecule has 94 valence electrons. The number of aromatic amines is 1. The molecule has 0 aliphatic rings. The Balaban J connectivity index is 2.68. The number of nitrogens with one attached hydrogen (secondary N) is 1. The second-order valence-corrected chi connectivity index (χ2v) is 5.49. The quantitative estimate of drug-likeness (QED) is 0.785. The molecular formula is C12H9Cl2IN2O. The van der Waals surface area contributed by atoms with E-state index in [1.807, 2.05) is 29.5 Å². The summed E-state index contributed by atoms with van der Waals surface area (Å²) >= 11 is 14.1. The first-order valence-corrected chi connectivity index (χ1v) is 7.11. The highest BCUT2D eigenvalue weighted by Gasteiger charge is 2.12. The monoisotopic (exact) mass is 394 g/mol. The highest BCUT2D eigenvalue weighted by Crippen LogP contribution is 2.31. The van der Waals surface area contributed by atoms with Crippen LogP contribution in [0.15, 0.2) is 23.0 Å². The number of halogens is 3. The highest BCUT2D eigenvalue weighted by atomic mass is 127. The molecule has 6 heteroatoms. The fourth-order valence-electron chi connectivity index (χ4n) is 1.55. The molecule has 1 aromatic carbocycles. The molecule has 0 unspecified atom stereocenters. The van der Waals surface area contributed by atoms with E-state index < -0.39 is 0 Å². The van der Waals surface area contributed by atoms with Crippen LogP contribution in [0, 0.1) is 3.57 Å². The average molecular weight is 395 g/mol. The van der Waals surface area contributed by atoms with Gasteiger partial charge in [0.05, 0.1) is 19.3 Å². The Bertz CT molecular complexity index is 655. The van der Waals surface area contributed by atoms with E-state index in [0.717, 1.165) is 5.69 Å². The van der Waals surface area contributed by atoms with Crippen molar-refractivity contribution in [3.05, 3.63) is 47.9 Å². The number of hydrogen-bond donors (Lipinski definition) is 1. The summed E-state index contributed by atoms with van der Waals surface area (Å²) in [4.78, 5) is 18.9. The first-order chi connectivity index (χ1) is 8.54. The van der Waals surface area contributed by atoms with E-state index in [4.69, 9.17) is 23.2 Å². The molecule has 1 aromatic heterocycles. The number of rotatable bonds is 2. The largest absolute Gasteiger partial charge is 0.306 e. The van der Waals surface area contributed by atoms with Crippen molar-refractivity contribution in [2.75, 3.05) is 0 Å². The molecule has 0 saturated carbocycles. The van der Waals surface area contributed by atoms with Crippen LogP contribution in [0.4, 0.5) is 0 Å². The Morgan fingerprint density at radius 2 is 2.11 bits per heavy atom. The van der Waals surface area contributed by atoms with Gasteiger partial charge in [-0.3, -0.25) is 4.79 Å². The Hall–Kier alpha value is -0.590. The number of benzene rings is 1. The molecule has 0 atom stereocenters. The molecule has 0 amide bonds. The van der Waals surface area contributed by atoms with Gasteiger partial charge in [0.15, 0.2) is 0 Å². The molecule has 0 bridgehead atoms. The summed E-state index contributed by atoms with van der Waals surface area (Å²) in [6.07, 6.45) is 0.688. The van der Waals surface area contributed by atoms with Gasteiger partial charge in [-0.1, -0.05) is 36.2 Å². The number of hydrogen-bond acceptors (Lipinski definition) is 2. The van der Waals surface area contributed by atoms with Crippen molar-refractivity contribution < 1.29 is 0 Å². The van der Waals surface area contributed by atoms with Crippen LogP contribution < -0.4 is 5.56 Å². The summed E-state index contributed by atoms with van der Waals surface area (Å²) in [5.74, 6) is 0.449. The van der Waals surface area contributed by atoms with E-state index in [0.29, 0.717) is 31.4 Å². The molecule has 0 fully saturated rings. The third-order valence-electron chi connectivity index (χ3n) is 2.47. The standard InChI is InChI=1S/C12H9Cl2IN2O/c1-2-8-10(15)12(18)17-11(16-8)6-4-3-5-7(13)9(6)14/h3-5H,2H2,1H3,(H,16,17,18). The molecule has 1 heterocycles. The predicted molar refractivity (Wildman–Crippen MR) is 82.4 cm³/mol. The van der Waals surface area contributed by atoms with Crippen molar-refractivity contribution in [1.29, 1.82) is 0 Å². The highest BCUT2D eigenvalue weighted by molar-refractivity contribution is 14.1. The Morgan fingerprint density at radius 1 is 1.39 bits per heavy atom. The first kappa shape index (κ1) is 13.8. The fraction of sp³-hybridized carbons (Fsp3) is 0.167. The van der Waals surface area contributed by atoms with Crippen LogP contribution in [0.1, 0.15) is 12.6 Å².